The quantitative estimate of drug-likeness (QED) is 0.649. The smallest absolute Gasteiger partial charge is 0.323 e. The van der Waals surface area contributed by atoms with E-state index >= 15 is 0 Å². The minimum atomic E-state index is -0.336. The van der Waals surface area contributed by atoms with Gasteiger partial charge in [0.1, 0.15) is 5.69 Å². The van der Waals surface area contributed by atoms with E-state index in [1.807, 2.05) is 4.90 Å². The minimum Gasteiger partial charge on any atom is -0.337 e. The lowest BCUT2D eigenvalue weighted by Crippen LogP contribution is -2.32. The summed E-state index contributed by atoms with van der Waals surface area (Å²) in [5, 5.41) is 0. The van der Waals surface area contributed by atoms with Crippen molar-refractivity contribution in [2.75, 3.05) is 13.1 Å². The number of carbonyl (C=O) groups is 1. The second kappa shape index (κ2) is 4.28. The van der Waals surface area contributed by atoms with Crippen molar-refractivity contribution in [3.8, 4) is 0 Å². The lowest BCUT2D eigenvalue weighted by atomic mass is 9.79. The summed E-state index contributed by atoms with van der Waals surface area (Å²) in [5.41, 5.74) is 5.98. The van der Waals surface area contributed by atoms with Gasteiger partial charge in [-0.15, -0.1) is 0 Å². The molecule has 1 aromatic rings. The molecule has 0 radical (unpaired) electrons. The predicted molar refractivity (Wildman–Crippen MR) is 66.1 cm³/mol. The van der Waals surface area contributed by atoms with E-state index in [9.17, 15) is 9.59 Å². The molecule has 18 heavy (non-hydrogen) atoms. The number of aromatic nitrogens is 2. The molecule has 2 heterocycles. The number of aromatic amines is 2. The van der Waals surface area contributed by atoms with E-state index in [4.69, 9.17) is 5.73 Å². The SMILES string of the molecule is NC1CC[C@H]2CN(C(=O)c3c[nH]c(=O)[nH]3)C[C@H]2C1. The monoisotopic (exact) mass is 250 g/mol. The van der Waals surface area contributed by atoms with Crippen molar-refractivity contribution >= 4 is 5.91 Å². The Hall–Kier alpha value is -1.56. The number of imidazole rings is 1. The number of carbonyl (C=O) groups excluding carboxylic acids is 1. The van der Waals surface area contributed by atoms with Crippen LogP contribution in [0.3, 0.4) is 0 Å². The zero-order chi connectivity index (χ0) is 12.7. The maximum atomic E-state index is 12.2. The second-order valence-electron chi connectivity index (χ2n) is 5.46. The molecule has 6 nitrogen and oxygen atoms in total. The van der Waals surface area contributed by atoms with Gasteiger partial charge >= 0.3 is 5.69 Å². The van der Waals surface area contributed by atoms with Gasteiger partial charge in [-0.2, -0.15) is 0 Å². The van der Waals surface area contributed by atoms with Gasteiger partial charge in [0.25, 0.3) is 5.91 Å². The van der Waals surface area contributed by atoms with Gasteiger partial charge in [-0.05, 0) is 31.1 Å². The third kappa shape index (κ3) is 1.96. The van der Waals surface area contributed by atoms with Crippen LogP contribution >= 0.6 is 0 Å². The summed E-state index contributed by atoms with van der Waals surface area (Å²) in [5.74, 6) is 1.03. The van der Waals surface area contributed by atoms with Crippen molar-refractivity contribution in [1.29, 1.82) is 0 Å². The zero-order valence-corrected chi connectivity index (χ0v) is 10.2. The van der Waals surface area contributed by atoms with Crippen LogP contribution in [0.25, 0.3) is 0 Å². The molecule has 2 fully saturated rings. The predicted octanol–water partition coefficient (Wildman–Crippen LogP) is -0.0976. The number of hydrogen-bond acceptors (Lipinski definition) is 3. The summed E-state index contributed by atoms with van der Waals surface area (Å²) in [6.45, 7) is 1.56. The van der Waals surface area contributed by atoms with E-state index < -0.39 is 0 Å². The summed E-state index contributed by atoms with van der Waals surface area (Å²) in [7, 11) is 0. The van der Waals surface area contributed by atoms with E-state index in [0.717, 1.165) is 32.4 Å². The van der Waals surface area contributed by atoms with Gasteiger partial charge in [-0.25, -0.2) is 4.79 Å². The van der Waals surface area contributed by atoms with Crippen LogP contribution in [0.1, 0.15) is 29.8 Å². The number of nitrogens with zero attached hydrogens (tertiary/aromatic N) is 1. The largest absolute Gasteiger partial charge is 0.337 e. The van der Waals surface area contributed by atoms with Gasteiger partial charge in [-0.3, -0.25) is 4.79 Å². The normalized spacial score (nSPS) is 31.4. The van der Waals surface area contributed by atoms with E-state index in [0.29, 0.717) is 17.5 Å². The lowest BCUT2D eigenvalue weighted by molar-refractivity contribution is 0.0778. The number of hydrogen-bond donors (Lipinski definition) is 3. The van der Waals surface area contributed by atoms with Gasteiger partial charge in [0.05, 0.1) is 0 Å². The molecule has 1 aromatic heterocycles. The third-order valence-corrected chi connectivity index (χ3v) is 4.20. The molecule has 6 heteroatoms. The number of nitrogens with two attached hydrogens (primary N) is 1. The van der Waals surface area contributed by atoms with Gasteiger partial charge in [0.15, 0.2) is 0 Å². The van der Waals surface area contributed by atoms with E-state index in [-0.39, 0.29) is 17.6 Å². The first-order valence-electron chi connectivity index (χ1n) is 6.46. The molecule has 2 aliphatic rings. The average molecular weight is 250 g/mol. The summed E-state index contributed by atoms with van der Waals surface area (Å²) < 4.78 is 0. The summed E-state index contributed by atoms with van der Waals surface area (Å²) >= 11 is 0. The molecule has 1 saturated heterocycles. The van der Waals surface area contributed by atoms with Crippen molar-refractivity contribution in [3.05, 3.63) is 22.4 Å². The highest BCUT2D eigenvalue weighted by atomic mass is 16.2. The Kier molecular flexibility index (Phi) is 2.74. The van der Waals surface area contributed by atoms with E-state index in [1.165, 1.54) is 6.20 Å². The Bertz CT molecular complexity index is 506. The molecule has 4 N–H and O–H groups in total. The maximum Gasteiger partial charge on any atom is 0.323 e. The van der Waals surface area contributed by atoms with Crippen LogP contribution in [0.4, 0.5) is 0 Å². The van der Waals surface area contributed by atoms with Crippen LogP contribution in [0.15, 0.2) is 11.0 Å². The van der Waals surface area contributed by atoms with Crippen molar-refractivity contribution in [2.24, 2.45) is 17.6 Å². The first kappa shape index (κ1) is 11.5. The highest BCUT2D eigenvalue weighted by Crippen LogP contribution is 2.35. The van der Waals surface area contributed by atoms with Crippen LogP contribution in [0.2, 0.25) is 0 Å². The Balaban J connectivity index is 1.72. The standard InChI is InChI=1S/C12H18N4O2/c13-9-2-1-7-5-16(6-8(7)3-9)11(17)10-4-14-12(18)15-10/h4,7-9H,1-3,5-6,13H2,(H2,14,15,18)/t7-,8+,9?/m0/s1. The first-order chi connectivity index (χ1) is 8.63. The Morgan fingerprint density at radius 2 is 2.11 bits per heavy atom. The fraction of sp³-hybridized carbons (Fsp3) is 0.667. The van der Waals surface area contributed by atoms with Gasteiger partial charge in [0, 0.05) is 25.3 Å². The minimum absolute atomic E-state index is 0.0867. The molecule has 3 rings (SSSR count). The number of amides is 1. The second-order valence-corrected chi connectivity index (χ2v) is 5.46. The first-order valence-corrected chi connectivity index (χ1v) is 6.46. The average Bonchev–Trinajstić information content (AvgIpc) is 2.93. The van der Waals surface area contributed by atoms with Crippen LogP contribution in [0.5, 0.6) is 0 Å². The summed E-state index contributed by atoms with van der Waals surface area (Å²) in [4.78, 5) is 30.0. The molecule has 1 amide bonds. The van der Waals surface area contributed by atoms with Crippen molar-refractivity contribution in [3.63, 3.8) is 0 Å². The molecular weight excluding hydrogens is 232 g/mol. The molecule has 0 spiro atoms. The number of nitrogens with one attached hydrogen (secondary N) is 2. The fourth-order valence-electron chi connectivity index (χ4n) is 3.25. The molecular formula is C12H18N4O2. The molecule has 98 valence electrons. The Morgan fingerprint density at radius 1 is 1.33 bits per heavy atom. The van der Waals surface area contributed by atoms with E-state index in [1.54, 1.807) is 0 Å². The summed E-state index contributed by atoms with van der Waals surface area (Å²) in [6.07, 6.45) is 4.62. The summed E-state index contributed by atoms with van der Waals surface area (Å²) in [6, 6.07) is 0.286. The van der Waals surface area contributed by atoms with Crippen LogP contribution in [0, 0.1) is 11.8 Å². The van der Waals surface area contributed by atoms with Crippen molar-refractivity contribution in [1.82, 2.24) is 14.9 Å². The van der Waals surface area contributed by atoms with E-state index in [2.05, 4.69) is 9.97 Å². The van der Waals surface area contributed by atoms with Gasteiger partial charge in [-0.1, -0.05) is 0 Å². The Labute approximate surface area is 105 Å². The fourth-order valence-corrected chi connectivity index (χ4v) is 3.25. The number of likely N-dealkylation sites (tertiary alicyclic amines) is 1. The molecule has 1 aliphatic carbocycles. The van der Waals surface area contributed by atoms with Gasteiger partial charge < -0.3 is 20.6 Å². The molecule has 0 aromatic carbocycles. The number of fused-ring (bicyclic) bond motifs is 1. The van der Waals surface area contributed by atoms with Crippen LogP contribution in [-0.2, 0) is 0 Å². The molecule has 1 saturated carbocycles. The number of H-pyrrole nitrogens is 2. The maximum absolute atomic E-state index is 12.2. The number of rotatable bonds is 1. The van der Waals surface area contributed by atoms with Gasteiger partial charge in [0.2, 0.25) is 0 Å². The molecule has 1 aliphatic heterocycles. The van der Waals surface area contributed by atoms with Crippen LogP contribution < -0.4 is 11.4 Å². The molecule has 3 atom stereocenters. The van der Waals surface area contributed by atoms with Crippen molar-refractivity contribution < 1.29 is 4.79 Å². The highest BCUT2D eigenvalue weighted by molar-refractivity contribution is 5.92. The third-order valence-electron chi connectivity index (χ3n) is 4.20. The molecule has 1 unspecified atom stereocenters. The van der Waals surface area contributed by atoms with Crippen molar-refractivity contribution in [2.45, 2.75) is 25.3 Å². The zero-order valence-electron chi connectivity index (χ0n) is 10.2. The lowest BCUT2D eigenvalue weighted by Gasteiger charge is -2.27. The highest BCUT2D eigenvalue weighted by Gasteiger charge is 2.38. The topological polar surface area (TPSA) is 95.0 Å². The Morgan fingerprint density at radius 3 is 2.83 bits per heavy atom. The van der Waals surface area contributed by atoms with Crippen LogP contribution in [-0.4, -0.2) is 39.9 Å². The molecule has 0 bridgehead atoms.